The molecule has 1 heterocycles. The number of benzene rings is 2. The molecule has 3 rings (SSSR count). The summed E-state index contributed by atoms with van der Waals surface area (Å²) in [5.74, 6) is -0.875. The number of amides is 1. The number of aryl methyl sites for hydroxylation is 1. The van der Waals surface area contributed by atoms with E-state index in [1.165, 1.54) is 11.3 Å². The van der Waals surface area contributed by atoms with Crippen molar-refractivity contribution in [3.8, 4) is 10.6 Å². The molecule has 0 spiro atoms. The van der Waals surface area contributed by atoms with Crippen molar-refractivity contribution in [2.24, 2.45) is 0 Å². The highest BCUT2D eigenvalue weighted by atomic mass is 35.5. The number of carbonyl (C=O) groups is 2. The van der Waals surface area contributed by atoms with Crippen LogP contribution < -0.4 is 5.32 Å². The minimum atomic E-state index is -0.890. The van der Waals surface area contributed by atoms with E-state index < -0.39 is 12.1 Å². The Labute approximate surface area is 178 Å². The molecule has 5 nitrogen and oxygen atoms in total. The molecule has 0 bridgehead atoms. The van der Waals surface area contributed by atoms with Crippen LogP contribution in [0.4, 0.5) is 0 Å². The Hall–Kier alpha value is -2.70. The van der Waals surface area contributed by atoms with Crippen molar-refractivity contribution in [2.45, 2.75) is 26.4 Å². The molecule has 0 aliphatic rings. The first kappa shape index (κ1) is 21.0. The zero-order valence-corrected chi connectivity index (χ0v) is 17.7. The van der Waals surface area contributed by atoms with Gasteiger partial charge in [0, 0.05) is 17.1 Å². The first-order chi connectivity index (χ1) is 13.9. The van der Waals surface area contributed by atoms with E-state index >= 15 is 0 Å². The zero-order valence-electron chi connectivity index (χ0n) is 16.1. The molecule has 1 amide bonds. The molecule has 0 aliphatic heterocycles. The van der Waals surface area contributed by atoms with Gasteiger partial charge in [0.25, 0.3) is 5.91 Å². The van der Waals surface area contributed by atoms with E-state index in [0.29, 0.717) is 33.6 Å². The fourth-order valence-electron chi connectivity index (χ4n) is 2.69. The van der Waals surface area contributed by atoms with Gasteiger partial charge < -0.3 is 10.1 Å². The number of hydrogen-bond donors (Lipinski definition) is 1. The summed E-state index contributed by atoms with van der Waals surface area (Å²) >= 11 is 7.15. The van der Waals surface area contributed by atoms with Crippen LogP contribution in [0.2, 0.25) is 5.02 Å². The minimum absolute atomic E-state index is 0.325. The summed E-state index contributed by atoms with van der Waals surface area (Å²) in [5, 5.41) is 4.13. The zero-order chi connectivity index (χ0) is 20.8. The number of nitrogens with one attached hydrogen (secondary N) is 1. The number of esters is 1. The van der Waals surface area contributed by atoms with Crippen LogP contribution in [0.1, 0.15) is 27.9 Å². The van der Waals surface area contributed by atoms with Gasteiger partial charge in [-0.15, -0.1) is 11.3 Å². The number of aromatic nitrogens is 1. The third-order valence-electron chi connectivity index (χ3n) is 4.28. The number of hydrogen-bond acceptors (Lipinski definition) is 5. The third-order valence-corrected chi connectivity index (χ3v) is 5.72. The Morgan fingerprint density at radius 3 is 2.52 bits per heavy atom. The lowest BCUT2D eigenvalue weighted by atomic mass is 10.1. The fourth-order valence-corrected chi connectivity index (χ4v) is 3.77. The molecule has 7 heteroatoms. The summed E-state index contributed by atoms with van der Waals surface area (Å²) < 4.78 is 5.35. The second-order valence-electron chi connectivity index (χ2n) is 6.51. The summed E-state index contributed by atoms with van der Waals surface area (Å²) in [6.07, 6.45) is -0.176. The first-order valence-electron chi connectivity index (χ1n) is 9.20. The van der Waals surface area contributed by atoms with Crippen LogP contribution in [-0.2, 0) is 16.0 Å². The highest BCUT2D eigenvalue weighted by Crippen LogP contribution is 2.29. The molecule has 1 N–H and O–H groups in total. The molecule has 29 heavy (non-hydrogen) atoms. The van der Waals surface area contributed by atoms with Crippen molar-refractivity contribution < 1.29 is 14.3 Å². The van der Waals surface area contributed by atoms with Gasteiger partial charge in [0.1, 0.15) is 9.88 Å². The van der Waals surface area contributed by atoms with Gasteiger partial charge in [0.2, 0.25) is 0 Å². The van der Waals surface area contributed by atoms with Gasteiger partial charge in [-0.25, -0.2) is 9.78 Å². The summed E-state index contributed by atoms with van der Waals surface area (Å²) in [6.45, 7) is 3.79. The molecule has 3 aromatic rings. The van der Waals surface area contributed by atoms with Gasteiger partial charge in [-0.3, -0.25) is 4.79 Å². The van der Waals surface area contributed by atoms with Gasteiger partial charge in [-0.05, 0) is 38.0 Å². The lowest BCUT2D eigenvalue weighted by Gasteiger charge is -2.13. The molecule has 2 aromatic carbocycles. The predicted octanol–water partition coefficient (Wildman–Crippen LogP) is 4.68. The van der Waals surface area contributed by atoms with Crippen molar-refractivity contribution >= 4 is 34.8 Å². The van der Waals surface area contributed by atoms with E-state index in [9.17, 15) is 9.59 Å². The third kappa shape index (κ3) is 5.65. The van der Waals surface area contributed by atoms with E-state index in [-0.39, 0.29) is 5.91 Å². The number of thiazole rings is 1. The second-order valence-corrected chi connectivity index (χ2v) is 7.95. The number of carbonyl (C=O) groups excluding carboxylic acids is 2. The maximum absolute atomic E-state index is 12.5. The van der Waals surface area contributed by atoms with E-state index in [1.807, 2.05) is 42.5 Å². The standard InChI is InChI=1S/C22H21ClN2O3S/c1-14-19(29-21(25-14)17-8-10-18(23)11-9-17)22(27)28-15(2)20(26)24-13-12-16-6-4-3-5-7-16/h3-11,15H,12-13H2,1-2H3,(H,24,26). The Kier molecular flexibility index (Phi) is 7.01. The van der Waals surface area contributed by atoms with Crippen molar-refractivity contribution in [1.82, 2.24) is 10.3 Å². The van der Waals surface area contributed by atoms with E-state index in [1.54, 1.807) is 26.0 Å². The predicted molar refractivity (Wildman–Crippen MR) is 115 cm³/mol. The lowest BCUT2D eigenvalue weighted by molar-refractivity contribution is -0.129. The SMILES string of the molecule is Cc1nc(-c2ccc(Cl)cc2)sc1C(=O)OC(C)C(=O)NCCc1ccccc1. The monoisotopic (exact) mass is 428 g/mol. The number of ether oxygens (including phenoxy) is 1. The molecular weight excluding hydrogens is 408 g/mol. The molecule has 1 atom stereocenters. The molecule has 0 fully saturated rings. The summed E-state index contributed by atoms with van der Waals surface area (Å²) in [5.41, 5.74) is 2.57. The van der Waals surface area contributed by atoms with Crippen LogP contribution >= 0.6 is 22.9 Å². The van der Waals surface area contributed by atoms with Crippen molar-refractivity contribution in [3.05, 3.63) is 75.8 Å². The van der Waals surface area contributed by atoms with Crippen LogP contribution in [0.15, 0.2) is 54.6 Å². The second kappa shape index (κ2) is 9.67. The van der Waals surface area contributed by atoms with Crippen molar-refractivity contribution in [3.63, 3.8) is 0 Å². The van der Waals surface area contributed by atoms with Crippen LogP contribution in [0.25, 0.3) is 10.6 Å². The lowest BCUT2D eigenvalue weighted by Crippen LogP contribution is -2.36. The van der Waals surface area contributed by atoms with Gasteiger partial charge in [-0.2, -0.15) is 0 Å². The molecule has 0 radical (unpaired) electrons. The maximum Gasteiger partial charge on any atom is 0.351 e. The van der Waals surface area contributed by atoms with Crippen LogP contribution in [0.3, 0.4) is 0 Å². The average Bonchev–Trinajstić information content (AvgIpc) is 3.11. The fraction of sp³-hybridized carbons (Fsp3) is 0.227. The summed E-state index contributed by atoms with van der Waals surface area (Å²) in [4.78, 5) is 29.6. The average molecular weight is 429 g/mol. The molecule has 0 saturated heterocycles. The quantitative estimate of drug-likeness (QED) is 0.555. The molecule has 1 unspecified atom stereocenters. The number of rotatable bonds is 7. The highest BCUT2D eigenvalue weighted by molar-refractivity contribution is 7.17. The Balaban J connectivity index is 1.56. The topological polar surface area (TPSA) is 68.3 Å². The maximum atomic E-state index is 12.5. The van der Waals surface area contributed by atoms with E-state index in [0.717, 1.165) is 11.1 Å². The van der Waals surface area contributed by atoms with Crippen molar-refractivity contribution in [1.29, 1.82) is 0 Å². The van der Waals surface area contributed by atoms with Crippen LogP contribution in [0, 0.1) is 6.92 Å². The summed E-state index contributed by atoms with van der Waals surface area (Å²) in [7, 11) is 0. The number of halogens is 1. The molecule has 1 aromatic heterocycles. The molecule has 0 saturated carbocycles. The first-order valence-corrected chi connectivity index (χ1v) is 10.4. The van der Waals surface area contributed by atoms with E-state index in [2.05, 4.69) is 10.3 Å². The van der Waals surface area contributed by atoms with Gasteiger partial charge in [-0.1, -0.05) is 54.1 Å². The van der Waals surface area contributed by atoms with Gasteiger partial charge in [0.05, 0.1) is 5.69 Å². The largest absolute Gasteiger partial charge is 0.448 e. The van der Waals surface area contributed by atoms with Gasteiger partial charge in [0.15, 0.2) is 6.10 Å². The minimum Gasteiger partial charge on any atom is -0.448 e. The number of nitrogens with zero attached hydrogens (tertiary/aromatic N) is 1. The van der Waals surface area contributed by atoms with Crippen LogP contribution in [-0.4, -0.2) is 29.5 Å². The van der Waals surface area contributed by atoms with Crippen LogP contribution in [0.5, 0.6) is 0 Å². The smallest absolute Gasteiger partial charge is 0.351 e. The molecule has 0 aliphatic carbocycles. The molecule has 150 valence electrons. The molecular formula is C22H21ClN2O3S. The Bertz CT molecular complexity index is 987. The normalized spacial score (nSPS) is 11.7. The Morgan fingerprint density at radius 1 is 1.14 bits per heavy atom. The van der Waals surface area contributed by atoms with Crippen molar-refractivity contribution in [2.75, 3.05) is 6.54 Å². The van der Waals surface area contributed by atoms with Gasteiger partial charge >= 0.3 is 5.97 Å². The Morgan fingerprint density at radius 2 is 1.83 bits per heavy atom. The summed E-state index contributed by atoms with van der Waals surface area (Å²) in [6, 6.07) is 17.1. The highest BCUT2D eigenvalue weighted by Gasteiger charge is 2.23. The van der Waals surface area contributed by atoms with E-state index in [4.69, 9.17) is 16.3 Å².